The molecule has 0 fully saturated rings. The SMILES string of the molecule is Cc1sccc1NC(=O)c1cc(C)n(-c2ccc(F)cc2)n1. The smallest absolute Gasteiger partial charge is 0.276 e. The summed E-state index contributed by atoms with van der Waals surface area (Å²) in [5.74, 6) is -0.565. The number of aryl methyl sites for hydroxylation is 2. The minimum absolute atomic E-state index is 0.259. The van der Waals surface area contributed by atoms with Crippen molar-refractivity contribution in [1.82, 2.24) is 9.78 Å². The number of hydrogen-bond donors (Lipinski definition) is 1. The Balaban J connectivity index is 1.87. The second-order valence-electron chi connectivity index (χ2n) is 4.90. The van der Waals surface area contributed by atoms with Gasteiger partial charge in [0.2, 0.25) is 0 Å². The van der Waals surface area contributed by atoms with Gasteiger partial charge in [-0.2, -0.15) is 5.10 Å². The fraction of sp³-hybridized carbons (Fsp3) is 0.125. The molecule has 0 radical (unpaired) electrons. The normalized spacial score (nSPS) is 10.7. The summed E-state index contributed by atoms with van der Waals surface area (Å²) >= 11 is 1.57. The first-order valence-corrected chi connectivity index (χ1v) is 7.60. The lowest BCUT2D eigenvalue weighted by Crippen LogP contribution is -2.13. The van der Waals surface area contributed by atoms with Crippen LogP contribution in [0.3, 0.4) is 0 Å². The first kappa shape index (κ1) is 14.5. The Morgan fingerprint density at radius 1 is 1.23 bits per heavy atom. The van der Waals surface area contributed by atoms with Gasteiger partial charge in [0.05, 0.1) is 11.4 Å². The van der Waals surface area contributed by atoms with Crippen molar-refractivity contribution in [1.29, 1.82) is 0 Å². The molecule has 22 heavy (non-hydrogen) atoms. The second kappa shape index (κ2) is 5.73. The summed E-state index contributed by atoms with van der Waals surface area (Å²) < 4.78 is 14.6. The molecule has 0 aliphatic heterocycles. The highest BCUT2D eigenvalue weighted by atomic mass is 32.1. The van der Waals surface area contributed by atoms with E-state index in [4.69, 9.17) is 0 Å². The summed E-state index contributed by atoms with van der Waals surface area (Å²) in [7, 11) is 0. The van der Waals surface area contributed by atoms with Gasteiger partial charge in [0.1, 0.15) is 5.82 Å². The van der Waals surface area contributed by atoms with Crippen molar-refractivity contribution in [2.45, 2.75) is 13.8 Å². The van der Waals surface area contributed by atoms with Crippen LogP contribution in [0.4, 0.5) is 10.1 Å². The largest absolute Gasteiger partial charge is 0.320 e. The van der Waals surface area contributed by atoms with Gasteiger partial charge in [0.25, 0.3) is 5.91 Å². The average Bonchev–Trinajstić information content (AvgIpc) is 3.07. The molecular weight excluding hydrogens is 301 g/mol. The maximum Gasteiger partial charge on any atom is 0.276 e. The van der Waals surface area contributed by atoms with E-state index < -0.39 is 0 Å². The predicted octanol–water partition coefficient (Wildman–Crippen LogP) is 3.94. The molecule has 0 unspecified atom stereocenters. The van der Waals surface area contributed by atoms with Crippen molar-refractivity contribution >= 4 is 22.9 Å². The van der Waals surface area contributed by atoms with E-state index in [0.29, 0.717) is 11.4 Å². The van der Waals surface area contributed by atoms with Gasteiger partial charge in [-0.1, -0.05) is 0 Å². The van der Waals surface area contributed by atoms with Gasteiger partial charge in [-0.25, -0.2) is 9.07 Å². The second-order valence-corrected chi connectivity index (χ2v) is 6.02. The molecular formula is C16H14FN3OS. The highest BCUT2D eigenvalue weighted by Gasteiger charge is 2.14. The summed E-state index contributed by atoms with van der Waals surface area (Å²) in [6, 6.07) is 9.55. The Kier molecular flexibility index (Phi) is 3.77. The number of nitrogens with one attached hydrogen (secondary N) is 1. The van der Waals surface area contributed by atoms with Gasteiger partial charge in [0.15, 0.2) is 5.69 Å². The van der Waals surface area contributed by atoms with E-state index in [1.54, 1.807) is 34.2 Å². The van der Waals surface area contributed by atoms with Crippen LogP contribution < -0.4 is 5.32 Å². The molecule has 1 aromatic carbocycles. The third kappa shape index (κ3) is 2.78. The predicted molar refractivity (Wildman–Crippen MR) is 85.3 cm³/mol. The molecule has 0 saturated heterocycles. The molecule has 1 amide bonds. The number of aromatic nitrogens is 2. The lowest BCUT2D eigenvalue weighted by Gasteiger charge is -2.04. The highest BCUT2D eigenvalue weighted by Crippen LogP contribution is 2.21. The molecule has 0 aliphatic carbocycles. The van der Waals surface area contributed by atoms with Crippen LogP contribution in [-0.2, 0) is 0 Å². The zero-order valence-corrected chi connectivity index (χ0v) is 12.9. The van der Waals surface area contributed by atoms with Crippen LogP contribution in [0.2, 0.25) is 0 Å². The topological polar surface area (TPSA) is 46.9 Å². The Morgan fingerprint density at radius 2 is 1.95 bits per heavy atom. The van der Waals surface area contributed by atoms with Crippen molar-refractivity contribution in [2.24, 2.45) is 0 Å². The average molecular weight is 315 g/mol. The summed E-state index contributed by atoms with van der Waals surface area (Å²) in [6.45, 7) is 3.80. The Bertz CT molecular complexity index is 820. The number of halogens is 1. The summed E-state index contributed by atoms with van der Waals surface area (Å²) in [5, 5.41) is 9.07. The van der Waals surface area contributed by atoms with Crippen LogP contribution in [0.5, 0.6) is 0 Å². The standard InChI is InChI=1S/C16H14FN3OS/c1-10-9-15(16(21)18-14-7-8-22-11(14)2)19-20(10)13-5-3-12(17)4-6-13/h3-9H,1-2H3,(H,18,21). The third-order valence-electron chi connectivity index (χ3n) is 3.30. The number of anilines is 1. The van der Waals surface area contributed by atoms with Crippen LogP contribution in [0.25, 0.3) is 5.69 Å². The lowest BCUT2D eigenvalue weighted by molar-refractivity contribution is 0.102. The minimum atomic E-state index is -0.306. The fourth-order valence-electron chi connectivity index (χ4n) is 2.13. The van der Waals surface area contributed by atoms with Crippen molar-refractivity contribution in [3.63, 3.8) is 0 Å². The number of nitrogens with zero attached hydrogens (tertiary/aromatic N) is 2. The van der Waals surface area contributed by atoms with Crippen LogP contribution in [0.15, 0.2) is 41.8 Å². The van der Waals surface area contributed by atoms with E-state index in [2.05, 4.69) is 10.4 Å². The molecule has 4 nitrogen and oxygen atoms in total. The van der Waals surface area contributed by atoms with Gasteiger partial charge in [-0.05, 0) is 55.6 Å². The zero-order valence-electron chi connectivity index (χ0n) is 12.1. The molecule has 112 valence electrons. The van der Waals surface area contributed by atoms with E-state index in [-0.39, 0.29) is 11.7 Å². The number of thiophene rings is 1. The Morgan fingerprint density at radius 3 is 2.59 bits per heavy atom. The maximum absolute atomic E-state index is 13.0. The fourth-order valence-corrected chi connectivity index (χ4v) is 2.78. The number of carbonyl (C=O) groups excluding carboxylic acids is 1. The van der Waals surface area contributed by atoms with E-state index in [0.717, 1.165) is 16.3 Å². The molecule has 2 aromatic heterocycles. The number of hydrogen-bond acceptors (Lipinski definition) is 3. The molecule has 3 aromatic rings. The van der Waals surface area contributed by atoms with Crippen molar-refractivity contribution in [3.8, 4) is 5.69 Å². The van der Waals surface area contributed by atoms with Gasteiger partial charge < -0.3 is 5.32 Å². The molecule has 0 atom stereocenters. The van der Waals surface area contributed by atoms with Crippen LogP contribution in [0.1, 0.15) is 21.1 Å². The molecule has 0 spiro atoms. The molecule has 0 saturated carbocycles. The Labute approximate surface area is 131 Å². The number of benzene rings is 1. The first-order valence-electron chi connectivity index (χ1n) is 6.72. The van der Waals surface area contributed by atoms with Gasteiger partial charge in [-0.15, -0.1) is 11.3 Å². The van der Waals surface area contributed by atoms with E-state index in [1.807, 2.05) is 25.3 Å². The van der Waals surface area contributed by atoms with Gasteiger partial charge in [0, 0.05) is 10.6 Å². The Hall–Kier alpha value is -2.47. The zero-order chi connectivity index (χ0) is 15.7. The number of amides is 1. The molecule has 0 aliphatic rings. The molecule has 3 rings (SSSR count). The van der Waals surface area contributed by atoms with E-state index in [1.165, 1.54) is 12.1 Å². The molecule has 0 bridgehead atoms. The van der Waals surface area contributed by atoms with Gasteiger partial charge in [-0.3, -0.25) is 4.79 Å². The monoisotopic (exact) mass is 315 g/mol. The van der Waals surface area contributed by atoms with Crippen LogP contribution >= 0.6 is 11.3 Å². The van der Waals surface area contributed by atoms with Crippen molar-refractivity contribution < 1.29 is 9.18 Å². The number of rotatable bonds is 3. The molecule has 2 heterocycles. The molecule has 1 N–H and O–H groups in total. The van der Waals surface area contributed by atoms with Crippen molar-refractivity contribution in [2.75, 3.05) is 5.32 Å². The summed E-state index contributed by atoms with van der Waals surface area (Å²) in [5.41, 5.74) is 2.64. The van der Waals surface area contributed by atoms with Crippen LogP contribution in [0, 0.1) is 19.7 Å². The van der Waals surface area contributed by atoms with Crippen molar-refractivity contribution in [3.05, 3.63) is 63.9 Å². The summed E-state index contributed by atoms with van der Waals surface area (Å²) in [4.78, 5) is 13.3. The minimum Gasteiger partial charge on any atom is -0.320 e. The maximum atomic E-state index is 13.0. The lowest BCUT2D eigenvalue weighted by atomic mass is 10.3. The van der Waals surface area contributed by atoms with E-state index in [9.17, 15) is 9.18 Å². The highest BCUT2D eigenvalue weighted by molar-refractivity contribution is 7.10. The van der Waals surface area contributed by atoms with Gasteiger partial charge >= 0.3 is 0 Å². The molecule has 6 heteroatoms. The van der Waals surface area contributed by atoms with E-state index >= 15 is 0 Å². The third-order valence-corrected chi connectivity index (χ3v) is 4.14. The first-order chi connectivity index (χ1) is 10.5. The number of carbonyl (C=O) groups is 1. The van der Waals surface area contributed by atoms with Crippen LogP contribution in [-0.4, -0.2) is 15.7 Å². The quantitative estimate of drug-likeness (QED) is 0.795. The summed E-state index contributed by atoms with van der Waals surface area (Å²) in [6.07, 6.45) is 0.